The molecule has 0 aromatic carbocycles. The van der Waals surface area contributed by atoms with E-state index in [1.54, 1.807) is 6.07 Å². The minimum atomic E-state index is 0.609. The first-order chi connectivity index (χ1) is 8.81. The zero-order valence-electron chi connectivity index (χ0n) is 11.6. The zero-order chi connectivity index (χ0) is 13.8. The number of aldehydes is 1. The molecule has 1 fully saturated rings. The maximum Gasteiger partial charge on any atom is 0.163 e. The maximum atomic E-state index is 10.3. The van der Waals surface area contributed by atoms with E-state index in [-0.39, 0.29) is 0 Å². The number of ether oxygens (including phenoxy) is 1. The molecule has 0 aliphatic heterocycles. The van der Waals surface area contributed by atoms with Crippen molar-refractivity contribution in [2.45, 2.75) is 38.9 Å². The summed E-state index contributed by atoms with van der Waals surface area (Å²) in [5, 5.41) is 2.80. The summed E-state index contributed by atoms with van der Waals surface area (Å²) < 4.78 is 8.19. The molecule has 1 aliphatic rings. The summed E-state index contributed by atoms with van der Waals surface area (Å²) in [6.07, 6.45) is 3.66. The van der Waals surface area contributed by atoms with Gasteiger partial charge in [-0.05, 0) is 38.3 Å². The number of carbonyl (C=O) groups excluding carboxylic acids is 1. The molecule has 104 valence electrons. The van der Waals surface area contributed by atoms with Gasteiger partial charge >= 0.3 is 0 Å². The van der Waals surface area contributed by atoms with Crippen LogP contribution in [-0.4, -0.2) is 25.2 Å². The van der Waals surface area contributed by atoms with Gasteiger partial charge in [-0.15, -0.1) is 11.3 Å². The lowest BCUT2D eigenvalue weighted by Crippen LogP contribution is -1.91. The summed E-state index contributed by atoms with van der Waals surface area (Å²) in [5.41, 5.74) is 0. The Bertz CT molecular complexity index is 312. The van der Waals surface area contributed by atoms with E-state index in [0.29, 0.717) is 17.2 Å². The number of hydrogen-bond acceptors (Lipinski definition) is 5. The molecular formula is C13H23NO2S2. The Morgan fingerprint density at radius 3 is 2.61 bits per heavy atom. The molecule has 18 heavy (non-hydrogen) atoms. The van der Waals surface area contributed by atoms with Gasteiger partial charge in [0.15, 0.2) is 6.29 Å². The van der Waals surface area contributed by atoms with Crippen LogP contribution >= 0.6 is 23.3 Å². The van der Waals surface area contributed by atoms with Gasteiger partial charge in [0.2, 0.25) is 0 Å². The third kappa shape index (κ3) is 7.74. The van der Waals surface area contributed by atoms with Crippen molar-refractivity contribution in [2.75, 3.05) is 13.7 Å². The Kier molecular flexibility index (Phi) is 11.2. The minimum Gasteiger partial charge on any atom is -0.492 e. The van der Waals surface area contributed by atoms with Gasteiger partial charge in [-0.2, -0.15) is 0 Å². The van der Waals surface area contributed by atoms with Crippen LogP contribution in [0.1, 0.15) is 43.3 Å². The van der Waals surface area contributed by atoms with Crippen molar-refractivity contribution < 1.29 is 9.53 Å². The quantitative estimate of drug-likeness (QED) is 0.657. The Hall–Kier alpha value is -0.520. The summed E-state index contributed by atoms with van der Waals surface area (Å²) >= 11 is 3.24. The molecule has 1 aromatic heterocycles. The van der Waals surface area contributed by atoms with E-state index in [1.165, 1.54) is 24.2 Å². The van der Waals surface area contributed by atoms with Gasteiger partial charge in [-0.1, -0.05) is 25.8 Å². The van der Waals surface area contributed by atoms with E-state index < -0.39 is 0 Å². The van der Waals surface area contributed by atoms with E-state index in [1.807, 2.05) is 45.1 Å². The van der Waals surface area contributed by atoms with Gasteiger partial charge in [0.25, 0.3) is 0 Å². The van der Waals surface area contributed by atoms with Crippen molar-refractivity contribution in [3.63, 3.8) is 0 Å². The lowest BCUT2D eigenvalue weighted by Gasteiger charge is -1.97. The molecule has 2 rings (SSSR count). The molecule has 0 unspecified atom stereocenters. The van der Waals surface area contributed by atoms with E-state index in [4.69, 9.17) is 4.74 Å². The lowest BCUT2D eigenvalue weighted by atomic mass is 10.4. The monoisotopic (exact) mass is 289 g/mol. The minimum absolute atomic E-state index is 0.609. The van der Waals surface area contributed by atoms with Crippen LogP contribution in [0.15, 0.2) is 11.4 Å². The van der Waals surface area contributed by atoms with Crippen molar-refractivity contribution >= 4 is 29.6 Å². The normalized spacial score (nSPS) is 12.7. The number of hydrogen-bond donors (Lipinski definition) is 1. The Morgan fingerprint density at radius 2 is 2.22 bits per heavy atom. The highest BCUT2D eigenvalue weighted by Gasteiger charge is 2.20. The Morgan fingerprint density at radius 1 is 1.56 bits per heavy atom. The second-order valence-electron chi connectivity index (χ2n) is 3.22. The highest BCUT2D eigenvalue weighted by atomic mass is 32.2. The standard InChI is InChI=1S/C7H8O2S.C4H9NS.C2H6/c1-2-9-6-3-4-10-7(6)5-8;1-5-6-4-2-3-4;1-2/h3-5H,2H2,1H3;4-5H,2-3H2,1H3;1-2H3. The van der Waals surface area contributed by atoms with Gasteiger partial charge in [-0.3, -0.25) is 9.52 Å². The van der Waals surface area contributed by atoms with E-state index in [2.05, 4.69) is 4.72 Å². The third-order valence-electron chi connectivity index (χ3n) is 1.87. The van der Waals surface area contributed by atoms with Gasteiger partial charge in [0.1, 0.15) is 10.6 Å². The molecule has 0 radical (unpaired) electrons. The van der Waals surface area contributed by atoms with Crippen LogP contribution < -0.4 is 9.46 Å². The van der Waals surface area contributed by atoms with Crippen LogP contribution in [0.25, 0.3) is 0 Å². The third-order valence-corrected chi connectivity index (χ3v) is 3.74. The largest absolute Gasteiger partial charge is 0.492 e. The number of rotatable bonds is 5. The maximum absolute atomic E-state index is 10.3. The highest BCUT2D eigenvalue weighted by Crippen LogP contribution is 2.31. The molecule has 1 N–H and O–H groups in total. The molecule has 0 atom stereocenters. The van der Waals surface area contributed by atoms with Crippen molar-refractivity contribution in [1.29, 1.82) is 0 Å². The molecule has 1 aromatic rings. The second-order valence-corrected chi connectivity index (χ2v) is 5.48. The molecule has 0 spiro atoms. The fourth-order valence-electron chi connectivity index (χ4n) is 1.02. The molecule has 5 heteroatoms. The molecule has 0 bridgehead atoms. The Labute approximate surface area is 118 Å². The first-order valence-corrected chi connectivity index (χ1v) is 8.05. The topological polar surface area (TPSA) is 38.3 Å². The summed E-state index contributed by atoms with van der Waals surface area (Å²) in [5.74, 6) is 0.697. The van der Waals surface area contributed by atoms with Crippen LogP contribution in [0, 0.1) is 0 Å². The smallest absolute Gasteiger partial charge is 0.163 e. The SMILES string of the molecule is CC.CCOc1ccsc1C=O.CNSC1CC1. The summed E-state index contributed by atoms with van der Waals surface area (Å²) in [6, 6.07) is 1.80. The average molecular weight is 289 g/mol. The predicted octanol–water partition coefficient (Wildman–Crippen LogP) is 4.00. The highest BCUT2D eigenvalue weighted by molar-refractivity contribution is 7.98. The fraction of sp³-hybridized carbons (Fsp3) is 0.615. The molecule has 0 amide bonds. The Balaban J connectivity index is 0.000000308. The summed E-state index contributed by atoms with van der Waals surface area (Å²) in [4.78, 5) is 11.0. The lowest BCUT2D eigenvalue weighted by molar-refractivity contribution is 0.112. The first kappa shape index (κ1) is 17.5. The summed E-state index contributed by atoms with van der Waals surface area (Å²) in [7, 11) is 1.98. The van der Waals surface area contributed by atoms with Crippen molar-refractivity contribution in [1.82, 2.24) is 4.72 Å². The van der Waals surface area contributed by atoms with Crippen molar-refractivity contribution in [3.8, 4) is 5.75 Å². The first-order valence-electron chi connectivity index (χ1n) is 6.29. The molecule has 1 heterocycles. The van der Waals surface area contributed by atoms with Crippen LogP contribution in [-0.2, 0) is 0 Å². The van der Waals surface area contributed by atoms with Crippen LogP contribution in [0.4, 0.5) is 0 Å². The second kappa shape index (κ2) is 11.6. The molecule has 1 saturated carbocycles. The van der Waals surface area contributed by atoms with Gasteiger partial charge < -0.3 is 4.74 Å². The van der Waals surface area contributed by atoms with Gasteiger partial charge in [0, 0.05) is 5.25 Å². The van der Waals surface area contributed by atoms with E-state index in [9.17, 15) is 4.79 Å². The summed E-state index contributed by atoms with van der Waals surface area (Å²) in [6.45, 7) is 6.50. The molecular weight excluding hydrogens is 266 g/mol. The number of carbonyl (C=O) groups is 1. The van der Waals surface area contributed by atoms with Crippen LogP contribution in [0.5, 0.6) is 5.75 Å². The average Bonchev–Trinajstić information content (AvgIpc) is 3.11. The van der Waals surface area contributed by atoms with E-state index in [0.717, 1.165) is 11.5 Å². The van der Waals surface area contributed by atoms with Crippen molar-refractivity contribution in [2.24, 2.45) is 0 Å². The molecule has 3 nitrogen and oxygen atoms in total. The fourth-order valence-corrected chi connectivity index (χ4v) is 2.36. The van der Waals surface area contributed by atoms with Crippen molar-refractivity contribution in [3.05, 3.63) is 16.3 Å². The molecule has 1 aliphatic carbocycles. The van der Waals surface area contributed by atoms with Crippen LogP contribution in [0.2, 0.25) is 0 Å². The number of nitrogens with one attached hydrogen (secondary N) is 1. The van der Waals surface area contributed by atoms with Crippen LogP contribution in [0.3, 0.4) is 0 Å². The zero-order valence-corrected chi connectivity index (χ0v) is 13.2. The number of thiophene rings is 1. The van der Waals surface area contributed by atoms with E-state index >= 15 is 0 Å². The van der Waals surface area contributed by atoms with Gasteiger partial charge in [-0.25, -0.2) is 0 Å². The molecule has 0 saturated heterocycles. The van der Waals surface area contributed by atoms with Gasteiger partial charge in [0.05, 0.1) is 6.61 Å². The predicted molar refractivity (Wildman–Crippen MR) is 81.9 cm³/mol.